The molecule has 0 N–H and O–H groups in total. The first-order chi connectivity index (χ1) is 47.4. The van der Waals surface area contributed by atoms with Crippen molar-refractivity contribution in [2.24, 2.45) is 0 Å². The van der Waals surface area contributed by atoms with Gasteiger partial charge in [-0.25, -0.2) is 72.0 Å². The molecule has 0 unspecified atom stereocenters. The molecule has 11 saturated heterocycles. The smallest absolute Gasteiger partial charge is 0.748 e. The predicted octanol–water partition coefficient (Wildman–Crippen LogP) is -11.9. The van der Waals surface area contributed by atoms with Gasteiger partial charge in [0.25, 0.3) is 0 Å². The normalized spacial score (nSPS) is 30.7. The molecule has 15 rings (SSSR count). The molecule has 13 heterocycles. The van der Waals surface area contributed by atoms with Gasteiger partial charge in [-0.2, -0.15) is 0 Å². The van der Waals surface area contributed by atoms with Gasteiger partial charge in [0.1, 0.15) is 63.0 Å². The predicted molar refractivity (Wildman–Crippen MR) is 335 cm³/mol. The van der Waals surface area contributed by atoms with Crippen molar-refractivity contribution in [3.8, 4) is 23.0 Å². The third-order valence-electron chi connectivity index (χ3n) is 24.5. The molecule has 2 aromatic carbocycles. The summed E-state index contributed by atoms with van der Waals surface area (Å²) in [6.07, 6.45) is -0.924. The van der Waals surface area contributed by atoms with Crippen LogP contribution in [0, 0.1) is 0 Å². The maximum atomic E-state index is 16.2. The number of carbonyl (C=O) groups is 8. The number of carbonyl (C=O) groups excluding carboxylic acids is 8. The summed E-state index contributed by atoms with van der Waals surface area (Å²) >= 11 is 0. The van der Waals surface area contributed by atoms with E-state index in [9.17, 15) is 51.9 Å². The Balaban J connectivity index is 0.00000280. The van der Waals surface area contributed by atoms with Crippen molar-refractivity contribution in [1.82, 2.24) is 78.4 Å². The molecule has 11 fully saturated rings. The molecule has 0 bridgehead atoms. The van der Waals surface area contributed by atoms with Gasteiger partial charge in [-0.1, -0.05) is 0 Å². The van der Waals surface area contributed by atoms with Crippen LogP contribution < -0.4 is 137 Å². The molecule has 0 spiro atoms. The van der Waals surface area contributed by atoms with Gasteiger partial charge in [0.2, 0.25) is 0 Å². The number of hydrogen-bond donors (Lipinski definition) is 0. The Morgan fingerprint density at radius 1 is 0.274 bits per heavy atom. The number of rotatable bonds is 20. The molecule has 0 saturated carbocycles. The van der Waals surface area contributed by atoms with Crippen molar-refractivity contribution in [3.63, 3.8) is 0 Å². The fourth-order valence-electron chi connectivity index (χ4n) is 18.4. The summed E-state index contributed by atoms with van der Waals surface area (Å²) in [6, 6.07) is -0.307. The Labute approximate surface area is 698 Å². The second kappa shape index (κ2) is 26.5. The number of hydrogen-bond acceptors (Lipinski definition) is 24. The molecule has 13 aliphatic heterocycles. The van der Waals surface area contributed by atoms with E-state index in [1.54, 1.807) is 55.4 Å². The third kappa shape index (κ3) is 10.9. The average molecular weight is 1600 g/mol. The van der Waals surface area contributed by atoms with Crippen LogP contribution in [0.4, 0.5) is 38.4 Å². The van der Waals surface area contributed by atoms with Gasteiger partial charge in [-0.15, -0.1) is 0 Å². The topological polar surface area (TPSA) is 454 Å². The molecule has 48 heteroatoms. The summed E-state index contributed by atoms with van der Waals surface area (Å²) in [6.45, 7) is 6.42. The van der Waals surface area contributed by atoms with E-state index < -0.39 is 197 Å². The zero-order valence-electron chi connectivity index (χ0n) is 60.5. The first-order valence-corrected chi connectivity index (χ1v) is 39.0. The van der Waals surface area contributed by atoms with Gasteiger partial charge in [-0.05, 0) is 105 Å². The molecule has 2 aromatic rings. The van der Waals surface area contributed by atoms with E-state index in [1.807, 2.05) is 0 Å². The fraction of sp³-hybridized carbons (Fsp3) is 0.655. The van der Waals surface area contributed by atoms with Gasteiger partial charge in [0, 0.05) is 45.3 Å². The largest absolute Gasteiger partial charge is 1.00 e. The van der Waals surface area contributed by atoms with Crippen molar-refractivity contribution < 1.29 is 227 Å². The molecule has 106 heavy (non-hydrogen) atoms. The first kappa shape index (κ1) is 82.4. The zero-order chi connectivity index (χ0) is 73.7. The van der Waals surface area contributed by atoms with Crippen LogP contribution in [-0.4, -0.2) is 313 Å². The van der Waals surface area contributed by atoms with Gasteiger partial charge in [0.05, 0.1) is 93.1 Å². The molecular weight excluding hydrogens is 1520 g/mol. The Bertz CT molecular complexity index is 4110. The van der Waals surface area contributed by atoms with Crippen molar-refractivity contribution in [3.05, 3.63) is 46.5 Å². The van der Waals surface area contributed by atoms with Crippen molar-refractivity contribution in [2.45, 2.75) is 153 Å². The summed E-state index contributed by atoms with van der Waals surface area (Å²) in [5.74, 6) is -2.67. The molecular formula is C58H72N16Na4O24S4. The third-order valence-corrected chi connectivity index (χ3v) is 27.7. The Hall–Kier alpha value is -4.56. The molecule has 40 nitrogen and oxygen atoms in total. The van der Waals surface area contributed by atoms with Crippen LogP contribution in [-0.2, 0) is 66.7 Å². The average Bonchev–Trinajstić information content (AvgIpc) is 1.47. The molecule has 13 aliphatic rings. The van der Waals surface area contributed by atoms with E-state index >= 15 is 38.4 Å². The van der Waals surface area contributed by atoms with E-state index in [0.717, 1.165) is 0 Å². The van der Waals surface area contributed by atoms with Crippen LogP contribution in [0.3, 0.4) is 0 Å². The molecule has 0 aliphatic carbocycles. The van der Waals surface area contributed by atoms with Crippen molar-refractivity contribution in [1.29, 1.82) is 0 Å². The second-order valence-electron chi connectivity index (χ2n) is 28.6. The Kier molecular flexibility index (Phi) is 20.6. The zero-order valence-corrected chi connectivity index (χ0v) is 71.7. The number of urea groups is 8. The fourth-order valence-corrected chi connectivity index (χ4v) is 20.2. The summed E-state index contributed by atoms with van der Waals surface area (Å²) in [5.41, 5.74) is -13.5. The second-order valence-corrected chi connectivity index (χ2v) is 34.7. The van der Waals surface area contributed by atoms with E-state index in [0.29, 0.717) is 0 Å². The van der Waals surface area contributed by atoms with Crippen LogP contribution in [0.15, 0.2) is 24.3 Å². The quantitative estimate of drug-likeness (QED) is 0.0675. The summed E-state index contributed by atoms with van der Waals surface area (Å²) < 4.78 is 163. The van der Waals surface area contributed by atoms with E-state index in [1.165, 1.54) is 103 Å². The van der Waals surface area contributed by atoms with Crippen LogP contribution in [0.5, 0.6) is 23.0 Å². The monoisotopic (exact) mass is 1600 g/mol. The van der Waals surface area contributed by atoms with E-state index in [4.69, 9.17) is 18.9 Å². The van der Waals surface area contributed by atoms with Gasteiger partial charge < -0.3 is 37.2 Å². The summed E-state index contributed by atoms with van der Waals surface area (Å²) in [4.78, 5) is 150. The van der Waals surface area contributed by atoms with Gasteiger partial charge >= 0.3 is 166 Å². The number of ether oxygens (including phenoxy) is 4. The van der Waals surface area contributed by atoms with Crippen LogP contribution in [0.25, 0.3) is 0 Å². The Morgan fingerprint density at radius 3 is 0.547 bits per heavy atom. The molecule has 556 valence electrons. The number of fused-ring (bicyclic) bond motifs is 2. The van der Waals surface area contributed by atoms with Crippen LogP contribution in [0.2, 0.25) is 0 Å². The van der Waals surface area contributed by atoms with E-state index in [2.05, 4.69) is 0 Å². The first-order valence-electron chi connectivity index (χ1n) is 32.7. The maximum absolute atomic E-state index is 16.2. The Morgan fingerprint density at radius 2 is 0.406 bits per heavy atom. The molecule has 16 amide bonds. The number of amides is 16. The maximum Gasteiger partial charge on any atom is 1.00 e. The van der Waals surface area contributed by atoms with E-state index in [-0.39, 0.29) is 242 Å². The van der Waals surface area contributed by atoms with Gasteiger partial charge in [0.15, 0.2) is 45.3 Å². The van der Waals surface area contributed by atoms with Crippen molar-refractivity contribution >= 4 is 88.7 Å². The standard InChI is InChI=1S/C58H76N16O24S4.4Na/c1-51-53(3)63-29-67-47(79)71-33-73-49(81)69-31-65-45(77)61-27-37-38(42(98-20-12-24-102(92,93)94)16-15-41(37)97-19-11-23-101(89,90)91)28-62-46(78)66(54(65,4)52(61,62)2)32-70-50(82)74(58(73,8)56(69,70)6)34-72-48(80)68(55(67,5)57(71,72)7)30-64(53)44(76)60(51)26-36-35(25-59(51)43(63)75)39(95-17-9-21-99(83,84)85)13-14-40(36)96-18-10-22-100(86,87)88;;;;/h13-16H,9-12,17-34H2,1-8H3,(H,83,84,85)(H,86,87,88)(H,89,90,91)(H,92,93,94);;;;/q;4*+1/p-4. The minimum Gasteiger partial charge on any atom is -0.748 e. The minimum atomic E-state index is -4.65. The molecule has 0 radical (unpaired) electrons. The summed E-state index contributed by atoms with van der Waals surface area (Å²) in [7, 11) is -18.6. The van der Waals surface area contributed by atoms with Crippen molar-refractivity contribution in [2.75, 3.05) is 89.5 Å². The summed E-state index contributed by atoms with van der Waals surface area (Å²) in [5, 5.41) is 0. The van der Waals surface area contributed by atoms with Crippen LogP contribution in [0.1, 0.15) is 103 Å². The number of nitrogens with zero attached hydrogens (tertiary/aromatic N) is 16. The SMILES string of the molecule is CC12N3Cc4c(OCCCS(=O)(=O)[O-])ccc(OCCCS(=O)(=O)[O-])c4CN1C(=O)N1CN4C(=O)N5CN6C(=O)N7CN8C(=O)N9Cc%10c(OCCCS(=O)(=O)[O-])ccc(OCCCS(=O)(=O)[O-])c%10CN%10C(=O)N(CN%11C(=O)N(CN%12C(=O)N(CN(C3=O)C12C)C4(C)C%125C)C6(C)C%117C)C8(C)C%109C.[Na+].[Na+].[Na+].[Na+]. The molecule has 0 atom stereocenters. The number of benzene rings is 2. The van der Waals surface area contributed by atoms with Gasteiger partial charge in [-0.3, -0.25) is 78.4 Å². The molecule has 0 aromatic heterocycles. The minimum absolute atomic E-state index is 0. The van der Waals surface area contributed by atoms with Crippen LogP contribution >= 0.6 is 0 Å².